The molecule has 0 saturated heterocycles. The smallest absolute Gasteiger partial charge is 0.287 e. The molecule has 0 fully saturated rings. The van der Waals surface area contributed by atoms with Gasteiger partial charge in [0.15, 0.2) is 0 Å². The molecule has 110 valence electrons. The minimum Gasteiger partial charge on any atom is -0.507 e. The largest absolute Gasteiger partial charge is 0.507 e. The summed E-state index contributed by atoms with van der Waals surface area (Å²) in [5.74, 6) is -1.00. The Balaban J connectivity index is 2.21. The van der Waals surface area contributed by atoms with Crippen LogP contribution in [0.3, 0.4) is 0 Å². The fraction of sp³-hybridized carbons (Fsp3) is 0.143. The van der Waals surface area contributed by atoms with Crippen molar-refractivity contribution in [2.24, 2.45) is 5.10 Å². The number of nitrogens with one attached hydrogen (secondary N) is 2. The molecule has 0 unspecified atom stereocenters. The van der Waals surface area contributed by atoms with E-state index in [0.29, 0.717) is 17.8 Å². The van der Waals surface area contributed by atoms with E-state index in [2.05, 4.69) is 31.4 Å². The summed E-state index contributed by atoms with van der Waals surface area (Å²) in [6, 6.07) is 5.19. The Labute approximate surface area is 129 Å². The second-order valence-corrected chi connectivity index (χ2v) is 5.16. The van der Waals surface area contributed by atoms with Gasteiger partial charge in [0.05, 0.1) is 5.71 Å². The van der Waals surface area contributed by atoms with Gasteiger partial charge in [0.25, 0.3) is 5.91 Å². The van der Waals surface area contributed by atoms with Crippen LogP contribution in [0.5, 0.6) is 5.75 Å². The van der Waals surface area contributed by atoms with Crippen LogP contribution in [0.4, 0.5) is 4.39 Å². The monoisotopic (exact) mass is 353 g/mol. The number of hydrogen-bond donors (Lipinski definition) is 3. The third-order valence-corrected chi connectivity index (χ3v) is 3.25. The number of hydrogen-bond acceptors (Lipinski definition) is 3. The van der Waals surface area contributed by atoms with Crippen LogP contribution in [-0.2, 0) is 0 Å². The van der Waals surface area contributed by atoms with Gasteiger partial charge >= 0.3 is 0 Å². The van der Waals surface area contributed by atoms with Crippen LogP contribution in [-0.4, -0.2) is 21.7 Å². The molecule has 0 bridgehead atoms. The Morgan fingerprint density at radius 2 is 2.24 bits per heavy atom. The van der Waals surface area contributed by atoms with Crippen molar-refractivity contribution in [3.8, 4) is 5.75 Å². The summed E-state index contributed by atoms with van der Waals surface area (Å²) in [5.41, 5.74) is 3.34. The van der Waals surface area contributed by atoms with Gasteiger partial charge in [0.2, 0.25) is 0 Å². The van der Waals surface area contributed by atoms with Gasteiger partial charge in [-0.3, -0.25) is 4.79 Å². The first-order chi connectivity index (χ1) is 10.0. The summed E-state index contributed by atoms with van der Waals surface area (Å²) in [5, 5.41) is 13.7. The minimum absolute atomic E-state index is 0.0890. The van der Waals surface area contributed by atoms with Crippen LogP contribution in [0.25, 0.3) is 0 Å². The number of carbonyl (C=O) groups is 1. The quantitative estimate of drug-likeness (QED) is 0.583. The summed E-state index contributed by atoms with van der Waals surface area (Å²) in [6.45, 7) is 1.79. The lowest BCUT2D eigenvalue weighted by molar-refractivity contribution is 0.0950. The first-order valence-electron chi connectivity index (χ1n) is 6.21. The number of aromatic nitrogens is 1. The number of hydrazone groups is 1. The maximum atomic E-state index is 13.2. The van der Waals surface area contributed by atoms with Crippen LogP contribution >= 0.6 is 15.9 Å². The number of benzene rings is 1. The first-order valence-corrected chi connectivity index (χ1v) is 7.00. The third-order valence-electron chi connectivity index (χ3n) is 2.79. The van der Waals surface area contributed by atoms with E-state index in [9.17, 15) is 14.3 Å². The van der Waals surface area contributed by atoms with Crippen LogP contribution in [0.2, 0.25) is 0 Å². The van der Waals surface area contributed by atoms with Gasteiger partial charge in [0, 0.05) is 16.2 Å². The van der Waals surface area contributed by atoms with Crippen LogP contribution in [0.15, 0.2) is 40.0 Å². The molecule has 1 amide bonds. The fourth-order valence-corrected chi connectivity index (χ4v) is 2.09. The standard InChI is InChI=1S/C14H13BrFN3O2/c1-2-11(10-6-9(16)3-4-13(10)20)18-19-14(21)12-5-8(15)7-17-12/h3-7,17,20H,2H2,1H3,(H,19,21)/b18-11+. The highest BCUT2D eigenvalue weighted by molar-refractivity contribution is 9.10. The molecule has 1 heterocycles. The average Bonchev–Trinajstić information content (AvgIpc) is 2.89. The number of H-pyrrole nitrogens is 1. The molecule has 0 spiro atoms. The molecule has 7 heteroatoms. The van der Waals surface area contributed by atoms with E-state index in [1.54, 1.807) is 19.2 Å². The van der Waals surface area contributed by atoms with E-state index in [1.807, 2.05) is 0 Å². The highest BCUT2D eigenvalue weighted by atomic mass is 79.9. The number of amides is 1. The minimum atomic E-state index is -0.483. The van der Waals surface area contributed by atoms with Gasteiger partial charge in [-0.15, -0.1) is 0 Å². The Kier molecular flexibility index (Phi) is 4.74. The van der Waals surface area contributed by atoms with Gasteiger partial charge in [-0.1, -0.05) is 6.92 Å². The number of rotatable bonds is 4. The molecule has 1 aromatic carbocycles. The van der Waals surface area contributed by atoms with Crippen molar-refractivity contribution in [3.05, 3.63) is 52.0 Å². The summed E-state index contributed by atoms with van der Waals surface area (Å²) in [4.78, 5) is 14.6. The van der Waals surface area contributed by atoms with Gasteiger partial charge < -0.3 is 10.1 Å². The zero-order valence-corrected chi connectivity index (χ0v) is 12.7. The summed E-state index contributed by atoms with van der Waals surface area (Å²) in [6.07, 6.45) is 2.05. The number of phenolic OH excluding ortho intramolecular Hbond substituents is 1. The van der Waals surface area contributed by atoms with Crippen molar-refractivity contribution in [1.82, 2.24) is 10.4 Å². The number of aromatic hydroxyl groups is 1. The van der Waals surface area contributed by atoms with E-state index in [-0.39, 0.29) is 11.3 Å². The molecule has 1 aromatic heterocycles. The first kappa shape index (κ1) is 15.2. The van der Waals surface area contributed by atoms with Gasteiger partial charge in [0.1, 0.15) is 17.3 Å². The molecule has 0 aliphatic heterocycles. The molecule has 3 N–H and O–H groups in total. The van der Waals surface area contributed by atoms with Crippen molar-refractivity contribution in [3.63, 3.8) is 0 Å². The zero-order chi connectivity index (χ0) is 15.4. The Bertz CT molecular complexity index is 697. The maximum Gasteiger partial charge on any atom is 0.287 e. The van der Waals surface area contributed by atoms with Crippen molar-refractivity contribution >= 4 is 27.5 Å². The van der Waals surface area contributed by atoms with Crippen LogP contribution in [0.1, 0.15) is 29.4 Å². The van der Waals surface area contributed by atoms with E-state index < -0.39 is 11.7 Å². The predicted molar refractivity (Wildman–Crippen MR) is 80.9 cm³/mol. The molecule has 21 heavy (non-hydrogen) atoms. The maximum absolute atomic E-state index is 13.2. The van der Waals surface area contributed by atoms with E-state index in [4.69, 9.17) is 0 Å². The molecule has 0 aliphatic carbocycles. The second-order valence-electron chi connectivity index (χ2n) is 4.25. The average molecular weight is 354 g/mol. The van der Waals surface area contributed by atoms with Crippen molar-refractivity contribution < 1.29 is 14.3 Å². The summed E-state index contributed by atoms with van der Waals surface area (Å²) >= 11 is 3.23. The van der Waals surface area contributed by atoms with E-state index >= 15 is 0 Å². The highest BCUT2D eigenvalue weighted by Crippen LogP contribution is 2.20. The lowest BCUT2D eigenvalue weighted by Gasteiger charge is -2.07. The third kappa shape index (κ3) is 3.69. The number of aromatic amines is 1. The lowest BCUT2D eigenvalue weighted by atomic mass is 10.1. The number of carbonyl (C=O) groups excluding carboxylic acids is 1. The molecule has 2 rings (SSSR count). The van der Waals surface area contributed by atoms with Crippen molar-refractivity contribution in [1.29, 1.82) is 0 Å². The Hall–Kier alpha value is -2.15. The van der Waals surface area contributed by atoms with Crippen LogP contribution in [0, 0.1) is 5.82 Å². The van der Waals surface area contributed by atoms with Crippen molar-refractivity contribution in [2.75, 3.05) is 0 Å². The number of phenols is 1. The van der Waals surface area contributed by atoms with Gasteiger partial charge in [-0.2, -0.15) is 5.10 Å². The Morgan fingerprint density at radius 1 is 1.48 bits per heavy atom. The van der Waals surface area contributed by atoms with Gasteiger partial charge in [-0.25, -0.2) is 9.82 Å². The number of halogens is 2. The van der Waals surface area contributed by atoms with Crippen molar-refractivity contribution in [2.45, 2.75) is 13.3 Å². The zero-order valence-electron chi connectivity index (χ0n) is 11.2. The fourth-order valence-electron chi connectivity index (χ4n) is 1.75. The molecular weight excluding hydrogens is 341 g/mol. The molecule has 0 radical (unpaired) electrons. The van der Waals surface area contributed by atoms with Gasteiger partial charge in [-0.05, 0) is 46.6 Å². The molecule has 5 nitrogen and oxygen atoms in total. The topological polar surface area (TPSA) is 77.5 Å². The second kappa shape index (κ2) is 6.53. The predicted octanol–water partition coefficient (Wildman–Crippen LogP) is 3.17. The normalized spacial score (nSPS) is 11.5. The molecular formula is C14H13BrFN3O2. The summed E-state index contributed by atoms with van der Waals surface area (Å²) in [7, 11) is 0. The molecule has 0 aliphatic rings. The summed E-state index contributed by atoms with van der Waals surface area (Å²) < 4.78 is 14.0. The highest BCUT2D eigenvalue weighted by Gasteiger charge is 2.11. The number of nitrogens with zero attached hydrogens (tertiary/aromatic N) is 1. The molecule has 0 saturated carbocycles. The molecule has 0 atom stereocenters. The van der Waals surface area contributed by atoms with E-state index in [0.717, 1.165) is 10.5 Å². The van der Waals surface area contributed by atoms with Crippen LogP contribution < -0.4 is 5.43 Å². The SMILES string of the molecule is CC/C(=N\NC(=O)c1cc(Br)c[nH]1)c1cc(F)ccc1O. The lowest BCUT2D eigenvalue weighted by Crippen LogP contribution is -2.20. The Morgan fingerprint density at radius 3 is 2.86 bits per heavy atom. The molecule has 2 aromatic rings. The van der Waals surface area contributed by atoms with E-state index in [1.165, 1.54) is 12.1 Å².